The van der Waals surface area contributed by atoms with Crippen molar-refractivity contribution in [1.82, 2.24) is 4.98 Å². The van der Waals surface area contributed by atoms with Crippen molar-refractivity contribution in [3.8, 4) is 0 Å². The Morgan fingerprint density at radius 3 is 2.63 bits per heavy atom. The predicted octanol–water partition coefficient (Wildman–Crippen LogP) is -0.0485. The molecule has 1 aromatic carbocycles. The van der Waals surface area contributed by atoms with Gasteiger partial charge in [0, 0.05) is 18.4 Å². The Labute approximate surface area is 175 Å². The number of oxazole rings is 1. The Balaban J connectivity index is 1.36. The standard InChI is InChI=1S/C19H20ClNO9/c1-6-21-13-10(20)2-7(3-11(13)29-6)14(22)8-4-9(8)18(26)28-5-12-15(23)16(24)17(25)19(27)30-12/h2-3,8-9,12,15-17,19,23-25,27H,4-5H2,1H3/t8-,9-,12?,15-,16-,17+,19-/m0/s1. The molecule has 2 heterocycles. The van der Waals surface area contributed by atoms with Crippen LogP contribution in [0.5, 0.6) is 0 Å². The number of carbonyl (C=O) groups is 2. The molecule has 0 radical (unpaired) electrons. The van der Waals surface area contributed by atoms with Gasteiger partial charge in [-0.25, -0.2) is 4.98 Å². The SMILES string of the molecule is Cc1nc2c(Cl)cc(C(=O)[C@H]3C[C@@H]3C(=O)OCC3O[C@H](O)[C@H](O)[C@@H](O)[C@H]3O)cc2o1. The van der Waals surface area contributed by atoms with Crippen LogP contribution in [0.25, 0.3) is 11.1 Å². The van der Waals surface area contributed by atoms with Crippen molar-refractivity contribution < 1.29 is 43.9 Å². The Kier molecular flexibility index (Phi) is 5.56. The molecule has 11 heteroatoms. The Morgan fingerprint density at radius 1 is 1.17 bits per heavy atom. The summed E-state index contributed by atoms with van der Waals surface area (Å²) in [5, 5.41) is 38.8. The number of esters is 1. The van der Waals surface area contributed by atoms with E-state index in [-0.39, 0.29) is 10.8 Å². The molecule has 2 fully saturated rings. The second-order valence-corrected chi connectivity index (χ2v) is 7.92. The number of nitrogens with zero attached hydrogens (tertiary/aromatic N) is 1. The molecule has 0 spiro atoms. The fourth-order valence-corrected chi connectivity index (χ4v) is 3.79. The lowest BCUT2D eigenvalue weighted by atomic mass is 9.99. The van der Waals surface area contributed by atoms with Crippen LogP contribution in [0.4, 0.5) is 0 Å². The van der Waals surface area contributed by atoms with E-state index in [9.17, 15) is 30.0 Å². The summed E-state index contributed by atoms with van der Waals surface area (Å²) >= 11 is 6.16. The first-order valence-corrected chi connectivity index (χ1v) is 9.70. The van der Waals surface area contributed by atoms with E-state index in [1.165, 1.54) is 12.1 Å². The molecule has 4 N–H and O–H groups in total. The van der Waals surface area contributed by atoms with Gasteiger partial charge in [0.25, 0.3) is 0 Å². The first-order valence-electron chi connectivity index (χ1n) is 9.32. The number of Topliss-reactive ketones (excluding diaryl/α,β-unsaturated/α-hetero) is 1. The molecule has 1 saturated heterocycles. The topological polar surface area (TPSA) is 160 Å². The molecule has 0 amide bonds. The molecule has 10 nitrogen and oxygen atoms in total. The molecule has 4 rings (SSSR count). The lowest BCUT2D eigenvalue weighted by molar-refractivity contribution is -0.287. The van der Waals surface area contributed by atoms with E-state index in [0.717, 1.165) is 0 Å². The van der Waals surface area contributed by atoms with E-state index in [1.54, 1.807) is 6.92 Å². The van der Waals surface area contributed by atoms with Gasteiger partial charge in [0.2, 0.25) is 0 Å². The zero-order valence-corrected chi connectivity index (χ0v) is 16.5. The van der Waals surface area contributed by atoms with Crippen molar-refractivity contribution >= 4 is 34.5 Å². The summed E-state index contributed by atoms with van der Waals surface area (Å²) in [6, 6.07) is 3.01. The summed E-state index contributed by atoms with van der Waals surface area (Å²) < 4.78 is 15.5. The van der Waals surface area contributed by atoms with Gasteiger partial charge in [-0.3, -0.25) is 9.59 Å². The summed E-state index contributed by atoms with van der Waals surface area (Å²) in [4.78, 5) is 29.1. The molecule has 1 aromatic heterocycles. The predicted molar refractivity (Wildman–Crippen MR) is 99.5 cm³/mol. The smallest absolute Gasteiger partial charge is 0.309 e. The zero-order chi connectivity index (χ0) is 21.7. The van der Waals surface area contributed by atoms with Crippen LogP contribution >= 0.6 is 11.6 Å². The van der Waals surface area contributed by atoms with Gasteiger partial charge in [0.15, 0.2) is 23.5 Å². The summed E-state index contributed by atoms with van der Waals surface area (Å²) in [5.74, 6) is -1.77. The maximum absolute atomic E-state index is 12.7. The van der Waals surface area contributed by atoms with Crippen LogP contribution < -0.4 is 0 Å². The molecular formula is C19H20ClNO9. The van der Waals surface area contributed by atoms with Gasteiger partial charge >= 0.3 is 5.97 Å². The molecule has 30 heavy (non-hydrogen) atoms. The van der Waals surface area contributed by atoms with Gasteiger partial charge < -0.3 is 34.3 Å². The molecule has 2 aromatic rings. The Morgan fingerprint density at radius 2 is 1.90 bits per heavy atom. The molecule has 1 unspecified atom stereocenters. The second kappa shape index (κ2) is 7.88. The van der Waals surface area contributed by atoms with Crippen molar-refractivity contribution in [3.63, 3.8) is 0 Å². The highest BCUT2D eigenvalue weighted by atomic mass is 35.5. The van der Waals surface area contributed by atoms with E-state index >= 15 is 0 Å². The number of hydrogen-bond acceptors (Lipinski definition) is 10. The monoisotopic (exact) mass is 441 g/mol. The normalized spacial score (nSPS) is 33.5. The largest absolute Gasteiger partial charge is 0.463 e. The fraction of sp³-hybridized carbons (Fsp3) is 0.526. The van der Waals surface area contributed by atoms with Crippen molar-refractivity contribution in [2.45, 2.75) is 44.1 Å². The number of ether oxygens (including phenoxy) is 2. The van der Waals surface area contributed by atoms with Crippen LogP contribution in [-0.2, 0) is 14.3 Å². The van der Waals surface area contributed by atoms with Gasteiger partial charge in [-0.05, 0) is 18.6 Å². The van der Waals surface area contributed by atoms with E-state index in [0.29, 0.717) is 29.0 Å². The number of aryl methyl sites for hydroxylation is 1. The van der Waals surface area contributed by atoms with Crippen LogP contribution in [0.15, 0.2) is 16.5 Å². The van der Waals surface area contributed by atoms with Crippen molar-refractivity contribution in [3.05, 3.63) is 28.6 Å². The average molecular weight is 442 g/mol. The van der Waals surface area contributed by atoms with Gasteiger partial charge in [-0.15, -0.1) is 0 Å². The summed E-state index contributed by atoms with van der Waals surface area (Å²) in [7, 11) is 0. The molecular weight excluding hydrogens is 422 g/mol. The van der Waals surface area contributed by atoms with E-state index < -0.39 is 55.1 Å². The first kappa shape index (κ1) is 21.2. The number of halogens is 1. The third-order valence-electron chi connectivity index (χ3n) is 5.35. The fourth-order valence-electron chi connectivity index (χ4n) is 3.54. The van der Waals surface area contributed by atoms with Crippen molar-refractivity contribution in [1.29, 1.82) is 0 Å². The van der Waals surface area contributed by atoms with Crippen LogP contribution in [-0.4, -0.2) is 74.5 Å². The van der Waals surface area contributed by atoms with Gasteiger partial charge in [0.1, 0.15) is 36.5 Å². The molecule has 1 aliphatic carbocycles. The third-order valence-corrected chi connectivity index (χ3v) is 5.63. The third kappa shape index (κ3) is 3.82. The number of rotatable bonds is 5. The Hall–Kier alpha value is -2.08. The van der Waals surface area contributed by atoms with Crippen molar-refractivity contribution in [2.24, 2.45) is 11.8 Å². The maximum Gasteiger partial charge on any atom is 0.309 e. The molecule has 1 aliphatic heterocycles. The van der Waals surface area contributed by atoms with Crippen LogP contribution in [0.3, 0.4) is 0 Å². The minimum Gasteiger partial charge on any atom is -0.463 e. The van der Waals surface area contributed by atoms with Crippen LogP contribution in [0.2, 0.25) is 5.02 Å². The summed E-state index contributed by atoms with van der Waals surface area (Å²) in [5.41, 5.74) is 1.14. The first-order chi connectivity index (χ1) is 14.2. The molecule has 2 aliphatic rings. The molecule has 1 saturated carbocycles. The molecule has 7 atom stereocenters. The zero-order valence-electron chi connectivity index (χ0n) is 15.8. The number of aliphatic hydroxyl groups excluding tert-OH is 4. The average Bonchev–Trinajstić information content (AvgIpc) is 3.42. The Bertz CT molecular complexity index is 992. The molecule has 0 bridgehead atoms. The van der Waals surface area contributed by atoms with E-state index in [1.807, 2.05) is 0 Å². The van der Waals surface area contributed by atoms with E-state index in [4.69, 9.17) is 25.5 Å². The number of benzene rings is 1. The minimum atomic E-state index is -1.72. The number of aliphatic hydroxyl groups is 4. The molecule has 162 valence electrons. The second-order valence-electron chi connectivity index (χ2n) is 7.52. The summed E-state index contributed by atoms with van der Waals surface area (Å²) in [6.45, 7) is 1.21. The van der Waals surface area contributed by atoms with Crippen LogP contribution in [0.1, 0.15) is 22.7 Å². The summed E-state index contributed by atoms with van der Waals surface area (Å²) in [6.07, 6.45) is -7.51. The highest BCUT2D eigenvalue weighted by Gasteiger charge is 2.50. The van der Waals surface area contributed by atoms with Gasteiger partial charge in [-0.2, -0.15) is 0 Å². The van der Waals surface area contributed by atoms with Gasteiger partial charge in [-0.1, -0.05) is 11.6 Å². The highest BCUT2D eigenvalue weighted by Crippen LogP contribution is 2.43. The quantitative estimate of drug-likeness (QED) is 0.366. The number of hydrogen-bond donors (Lipinski definition) is 4. The lowest BCUT2D eigenvalue weighted by Gasteiger charge is -2.37. The maximum atomic E-state index is 12.7. The van der Waals surface area contributed by atoms with Gasteiger partial charge in [0.05, 0.1) is 10.9 Å². The van der Waals surface area contributed by atoms with E-state index in [2.05, 4.69) is 4.98 Å². The minimum absolute atomic E-state index is 0.273. The highest BCUT2D eigenvalue weighted by molar-refractivity contribution is 6.35. The number of carbonyl (C=O) groups excluding carboxylic acids is 2. The number of ketones is 1. The number of fused-ring (bicyclic) bond motifs is 1. The number of aromatic nitrogens is 1. The van der Waals surface area contributed by atoms with Crippen LogP contribution in [0, 0.1) is 18.8 Å². The lowest BCUT2D eigenvalue weighted by Crippen LogP contribution is -2.58. The van der Waals surface area contributed by atoms with Crippen molar-refractivity contribution in [2.75, 3.05) is 6.61 Å².